The van der Waals surface area contributed by atoms with Crippen molar-refractivity contribution >= 4 is 10.9 Å². The van der Waals surface area contributed by atoms with E-state index < -0.39 is 0 Å². The van der Waals surface area contributed by atoms with Crippen LogP contribution < -0.4 is 5.32 Å². The molecule has 1 atom stereocenters. The summed E-state index contributed by atoms with van der Waals surface area (Å²) < 4.78 is 0. The van der Waals surface area contributed by atoms with E-state index >= 15 is 0 Å². The third kappa shape index (κ3) is 2.40. The Hall–Kier alpha value is -1.39. The molecule has 2 N–H and O–H groups in total. The molecule has 1 aliphatic heterocycles. The first-order valence-electron chi connectivity index (χ1n) is 6.67. The summed E-state index contributed by atoms with van der Waals surface area (Å²) in [6.07, 6.45) is 4.46. The summed E-state index contributed by atoms with van der Waals surface area (Å²) in [4.78, 5) is 2.53. The van der Waals surface area contributed by atoms with E-state index in [2.05, 4.69) is 45.7 Å². The van der Waals surface area contributed by atoms with Crippen LogP contribution in [0.5, 0.6) is 0 Å². The molecule has 18 heavy (non-hydrogen) atoms. The van der Waals surface area contributed by atoms with E-state index in [-0.39, 0.29) is 0 Å². The Bertz CT molecular complexity index is 519. The number of nitrogens with one attached hydrogen (secondary N) is 2. The Labute approximate surface area is 107 Å². The summed E-state index contributed by atoms with van der Waals surface area (Å²) >= 11 is 0. The predicted octanol–water partition coefficient (Wildman–Crippen LogP) is 1.75. The first-order chi connectivity index (χ1) is 8.85. The topological polar surface area (TPSA) is 44.0 Å². The van der Waals surface area contributed by atoms with Gasteiger partial charge in [-0.25, -0.2) is 0 Å². The number of nitrogens with zero attached hydrogens (tertiary/aromatic N) is 2. The van der Waals surface area contributed by atoms with Crippen LogP contribution in [0.4, 0.5) is 0 Å². The van der Waals surface area contributed by atoms with Crippen molar-refractivity contribution in [3.05, 3.63) is 30.0 Å². The summed E-state index contributed by atoms with van der Waals surface area (Å²) in [7, 11) is 2.06. The number of piperidine rings is 1. The van der Waals surface area contributed by atoms with Gasteiger partial charge in [0.1, 0.15) is 0 Å². The number of likely N-dealkylation sites (tertiary alicyclic amines) is 1. The molecule has 1 saturated heterocycles. The maximum atomic E-state index is 4.07. The van der Waals surface area contributed by atoms with Crippen molar-refractivity contribution in [3.63, 3.8) is 0 Å². The summed E-state index contributed by atoms with van der Waals surface area (Å²) in [6, 6.07) is 7.22. The van der Waals surface area contributed by atoms with Gasteiger partial charge in [0.2, 0.25) is 0 Å². The van der Waals surface area contributed by atoms with E-state index in [4.69, 9.17) is 0 Å². The Balaban J connectivity index is 1.71. The van der Waals surface area contributed by atoms with Gasteiger partial charge in [-0.1, -0.05) is 12.1 Å². The van der Waals surface area contributed by atoms with Crippen LogP contribution >= 0.6 is 0 Å². The van der Waals surface area contributed by atoms with Gasteiger partial charge in [-0.15, -0.1) is 0 Å². The standard InChI is InChI=1S/C14H20N4/c1-15-13-3-2-6-18(10-13)9-11-4-5-12-8-16-17-14(12)7-11/h4-5,7-8,13,15H,2-3,6,9-10H2,1H3,(H,16,17). The van der Waals surface area contributed by atoms with Crippen molar-refractivity contribution in [1.82, 2.24) is 20.4 Å². The molecule has 1 aromatic heterocycles. The highest BCUT2D eigenvalue weighted by molar-refractivity contribution is 5.78. The number of rotatable bonds is 3. The number of H-pyrrole nitrogens is 1. The van der Waals surface area contributed by atoms with Gasteiger partial charge < -0.3 is 5.32 Å². The maximum absolute atomic E-state index is 4.07. The molecular formula is C14H20N4. The molecule has 1 unspecified atom stereocenters. The fraction of sp³-hybridized carbons (Fsp3) is 0.500. The molecule has 96 valence electrons. The summed E-state index contributed by atoms with van der Waals surface area (Å²) in [6.45, 7) is 3.39. The van der Waals surface area contributed by atoms with Gasteiger partial charge in [0.05, 0.1) is 11.7 Å². The second-order valence-electron chi connectivity index (χ2n) is 5.15. The predicted molar refractivity (Wildman–Crippen MR) is 73.5 cm³/mol. The van der Waals surface area contributed by atoms with Gasteiger partial charge in [0.15, 0.2) is 0 Å². The molecule has 0 spiro atoms. The van der Waals surface area contributed by atoms with E-state index in [1.165, 1.54) is 30.3 Å². The molecule has 3 rings (SSSR count). The average Bonchev–Trinajstić information content (AvgIpc) is 2.86. The molecule has 0 radical (unpaired) electrons. The van der Waals surface area contributed by atoms with Gasteiger partial charge in [-0.3, -0.25) is 10.00 Å². The maximum Gasteiger partial charge on any atom is 0.0653 e. The van der Waals surface area contributed by atoms with E-state index in [1.54, 1.807) is 0 Å². The van der Waals surface area contributed by atoms with Crippen molar-refractivity contribution in [3.8, 4) is 0 Å². The SMILES string of the molecule is CNC1CCCN(Cc2ccc3cn[nH]c3c2)C1. The van der Waals surface area contributed by atoms with Crippen molar-refractivity contribution in [1.29, 1.82) is 0 Å². The van der Waals surface area contributed by atoms with Crippen LogP contribution in [-0.2, 0) is 6.54 Å². The average molecular weight is 244 g/mol. The first-order valence-corrected chi connectivity index (χ1v) is 6.67. The lowest BCUT2D eigenvalue weighted by Gasteiger charge is -2.32. The molecule has 0 amide bonds. The molecule has 1 fully saturated rings. The molecule has 4 nitrogen and oxygen atoms in total. The Morgan fingerprint density at radius 2 is 2.44 bits per heavy atom. The van der Waals surface area contributed by atoms with E-state index in [1.807, 2.05) is 6.20 Å². The number of hydrogen-bond acceptors (Lipinski definition) is 3. The zero-order valence-corrected chi connectivity index (χ0v) is 10.8. The number of aromatic nitrogens is 2. The second-order valence-corrected chi connectivity index (χ2v) is 5.15. The zero-order valence-electron chi connectivity index (χ0n) is 10.8. The molecule has 1 aromatic carbocycles. The monoisotopic (exact) mass is 244 g/mol. The quantitative estimate of drug-likeness (QED) is 0.864. The van der Waals surface area contributed by atoms with E-state index in [0.717, 1.165) is 18.6 Å². The highest BCUT2D eigenvalue weighted by Gasteiger charge is 2.18. The number of likely N-dealkylation sites (N-methyl/N-ethyl adjacent to an activating group) is 1. The molecular weight excluding hydrogens is 224 g/mol. The number of fused-ring (bicyclic) bond motifs is 1. The lowest BCUT2D eigenvalue weighted by molar-refractivity contribution is 0.188. The molecule has 2 aromatic rings. The normalized spacial score (nSPS) is 21.5. The molecule has 0 saturated carbocycles. The number of aromatic amines is 1. The Morgan fingerprint density at radius 3 is 3.33 bits per heavy atom. The highest BCUT2D eigenvalue weighted by Crippen LogP contribution is 2.17. The van der Waals surface area contributed by atoms with E-state index in [0.29, 0.717) is 6.04 Å². The minimum Gasteiger partial charge on any atom is -0.316 e. The third-order valence-corrected chi connectivity index (χ3v) is 3.83. The van der Waals surface area contributed by atoms with Crippen LogP contribution in [0, 0.1) is 0 Å². The van der Waals surface area contributed by atoms with Crippen LogP contribution in [0.15, 0.2) is 24.4 Å². The Kier molecular flexibility index (Phi) is 3.30. The minimum atomic E-state index is 0.648. The van der Waals surface area contributed by atoms with Crippen molar-refractivity contribution < 1.29 is 0 Å². The number of hydrogen-bond donors (Lipinski definition) is 2. The minimum absolute atomic E-state index is 0.648. The van der Waals surface area contributed by atoms with E-state index in [9.17, 15) is 0 Å². The number of benzene rings is 1. The summed E-state index contributed by atoms with van der Waals surface area (Å²) in [5.74, 6) is 0. The Morgan fingerprint density at radius 1 is 1.50 bits per heavy atom. The van der Waals surface area contributed by atoms with Gasteiger partial charge in [-0.2, -0.15) is 5.10 Å². The molecule has 4 heteroatoms. The lowest BCUT2D eigenvalue weighted by Crippen LogP contribution is -2.43. The van der Waals surface area contributed by atoms with Crippen molar-refractivity contribution in [2.75, 3.05) is 20.1 Å². The van der Waals surface area contributed by atoms with Crippen LogP contribution in [0.3, 0.4) is 0 Å². The fourth-order valence-corrected chi connectivity index (χ4v) is 2.78. The summed E-state index contributed by atoms with van der Waals surface area (Å²) in [5.41, 5.74) is 2.50. The van der Waals surface area contributed by atoms with Crippen molar-refractivity contribution in [2.24, 2.45) is 0 Å². The highest BCUT2D eigenvalue weighted by atomic mass is 15.2. The first kappa shape index (κ1) is 11.7. The van der Waals surface area contributed by atoms with Crippen LogP contribution in [0.1, 0.15) is 18.4 Å². The third-order valence-electron chi connectivity index (χ3n) is 3.83. The second kappa shape index (κ2) is 5.08. The summed E-state index contributed by atoms with van der Waals surface area (Å²) in [5, 5.41) is 11.7. The van der Waals surface area contributed by atoms with Crippen LogP contribution in [0.2, 0.25) is 0 Å². The van der Waals surface area contributed by atoms with Crippen molar-refractivity contribution in [2.45, 2.75) is 25.4 Å². The lowest BCUT2D eigenvalue weighted by atomic mass is 10.0. The van der Waals surface area contributed by atoms with Gasteiger partial charge in [-0.05, 0) is 38.1 Å². The van der Waals surface area contributed by atoms with Crippen LogP contribution in [0.25, 0.3) is 10.9 Å². The van der Waals surface area contributed by atoms with Gasteiger partial charge in [0.25, 0.3) is 0 Å². The zero-order chi connectivity index (χ0) is 12.4. The molecule has 2 heterocycles. The smallest absolute Gasteiger partial charge is 0.0653 e. The fourth-order valence-electron chi connectivity index (χ4n) is 2.78. The largest absolute Gasteiger partial charge is 0.316 e. The molecule has 0 bridgehead atoms. The van der Waals surface area contributed by atoms with Gasteiger partial charge >= 0.3 is 0 Å². The molecule has 0 aliphatic carbocycles. The molecule has 1 aliphatic rings. The van der Waals surface area contributed by atoms with Crippen LogP contribution in [-0.4, -0.2) is 41.3 Å². The van der Waals surface area contributed by atoms with Gasteiger partial charge in [0, 0.05) is 24.5 Å².